The predicted molar refractivity (Wildman–Crippen MR) is 77.9 cm³/mol. The quantitative estimate of drug-likeness (QED) is 0.668. The van der Waals surface area contributed by atoms with E-state index in [9.17, 15) is 13.2 Å². The zero-order valence-corrected chi connectivity index (χ0v) is 13.0. The van der Waals surface area contributed by atoms with E-state index in [1.165, 1.54) is 6.07 Å². The van der Waals surface area contributed by atoms with Gasteiger partial charge in [0.05, 0.1) is 22.5 Å². The summed E-state index contributed by atoms with van der Waals surface area (Å²) in [5.41, 5.74) is -0.780. The van der Waals surface area contributed by atoms with Crippen molar-refractivity contribution in [2.45, 2.75) is 45.1 Å². The summed E-state index contributed by atoms with van der Waals surface area (Å²) in [7, 11) is 0. The number of rotatable bonds is 0. The van der Waals surface area contributed by atoms with Crippen LogP contribution in [0.1, 0.15) is 44.5 Å². The Balaban J connectivity index is 2.43. The Morgan fingerprint density at radius 2 is 1.64 bits per heavy atom. The third-order valence-corrected chi connectivity index (χ3v) is 4.11. The summed E-state index contributed by atoms with van der Waals surface area (Å²) >= 11 is 0. The van der Waals surface area contributed by atoms with Gasteiger partial charge in [0, 0.05) is 11.8 Å². The van der Waals surface area contributed by atoms with E-state index in [0.717, 1.165) is 6.07 Å². The molecular formula is C17H18F3NO. The number of alkyl halides is 3. The minimum absolute atomic E-state index is 0.158. The molecule has 2 aromatic rings. The molecule has 1 aromatic heterocycles. The van der Waals surface area contributed by atoms with E-state index in [4.69, 9.17) is 4.74 Å². The van der Waals surface area contributed by atoms with Gasteiger partial charge in [-0.3, -0.25) is 0 Å². The van der Waals surface area contributed by atoms with Crippen LogP contribution in [0.25, 0.3) is 5.69 Å². The van der Waals surface area contributed by atoms with E-state index in [1.54, 1.807) is 42.8 Å². The van der Waals surface area contributed by atoms with E-state index in [1.807, 2.05) is 13.8 Å². The molecular weight excluding hydrogens is 291 g/mol. The van der Waals surface area contributed by atoms with E-state index in [-0.39, 0.29) is 5.69 Å². The van der Waals surface area contributed by atoms with Crippen molar-refractivity contribution in [1.82, 2.24) is 4.57 Å². The molecule has 0 N–H and O–H groups in total. The Kier molecular flexibility index (Phi) is 3.02. The highest BCUT2D eigenvalue weighted by Gasteiger charge is 2.43. The second-order valence-electron chi connectivity index (χ2n) is 6.59. The maximum Gasteiger partial charge on any atom is 0.418 e. The molecule has 2 nitrogen and oxygen atoms in total. The van der Waals surface area contributed by atoms with Gasteiger partial charge >= 0.3 is 6.18 Å². The molecule has 0 fully saturated rings. The lowest BCUT2D eigenvalue weighted by molar-refractivity contribution is -0.138. The molecule has 1 aliphatic rings. The Morgan fingerprint density at radius 1 is 0.955 bits per heavy atom. The molecule has 0 saturated carbocycles. The fourth-order valence-corrected chi connectivity index (χ4v) is 3.33. The Morgan fingerprint density at radius 3 is 2.27 bits per heavy atom. The van der Waals surface area contributed by atoms with E-state index in [0.29, 0.717) is 11.3 Å². The minimum atomic E-state index is -4.42. The molecule has 1 aromatic carbocycles. The van der Waals surface area contributed by atoms with Crippen LogP contribution in [0.2, 0.25) is 0 Å². The highest BCUT2D eigenvalue weighted by molar-refractivity contribution is 5.54. The highest BCUT2D eigenvalue weighted by Crippen LogP contribution is 2.46. The van der Waals surface area contributed by atoms with Crippen LogP contribution < -0.4 is 0 Å². The maximum absolute atomic E-state index is 13.5. The lowest BCUT2D eigenvalue weighted by Gasteiger charge is -2.34. The van der Waals surface area contributed by atoms with Gasteiger partial charge in [-0.1, -0.05) is 12.1 Å². The molecule has 5 heteroatoms. The molecule has 3 rings (SSSR count). The van der Waals surface area contributed by atoms with Crippen molar-refractivity contribution in [3.8, 4) is 5.69 Å². The lowest BCUT2D eigenvalue weighted by atomic mass is 9.93. The van der Waals surface area contributed by atoms with Crippen LogP contribution in [0.4, 0.5) is 13.2 Å². The van der Waals surface area contributed by atoms with Gasteiger partial charge in [0.2, 0.25) is 0 Å². The number of hydrogen-bond donors (Lipinski definition) is 0. The van der Waals surface area contributed by atoms with Crippen LogP contribution in [0, 0.1) is 0 Å². The van der Waals surface area contributed by atoms with Crippen LogP contribution in [-0.4, -0.2) is 4.57 Å². The summed E-state index contributed by atoms with van der Waals surface area (Å²) in [6, 6.07) is 7.81. The fourth-order valence-electron chi connectivity index (χ4n) is 3.33. The summed E-state index contributed by atoms with van der Waals surface area (Å²) in [6.07, 6.45) is -2.76. The molecule has 1 aliphatic heterocycles. The van der Waals surface area contributed by atoms with Crippen LogP contribution in [-0.2, 0) is 22.1 Å². The number of nitrogens with zero attached hydrogens (tertiary/aromatic N) is 1. The third kappa shape index (κ3) is 2.15. The normalized spacial score (nSPS) is 19.2. The monoisotopic (exact) mass is 309 g/mol. The number of hydrogen-bond acceptors (Lipinski definition) is 1. The van der Waals surface area contributed by atoms with Crippen molar-refractivity contribution >= 4 is 0 Å². The summed E-state index contributed by atoms with van der Waals surface area (Å²) in [4.78, 5) is 0. The van der Waals surface area contributed by atoms with Gasteiger partial charge < -0.3 is 9.30 Å². The molecule has 118 valence electrons. The average Bonchev–Trinajstić information content (AvgIpc) is 2.82. The number of para-hydroxylation sites is 1. The van der Waals surface area contributed by atoms with Gasteiger partial charge in [-0.15, -0.1) is 0 Å². The van der Waals surface area contributed by atoms with Crippen LogP contribution >= 0.6 is 0 Å². The molecule has 0 bridgehead atoms. The summed E-state index contributed by atoms with van der Waals surface area (Å²) < 4.78 is 48.3. The maximum atomic E-state index is 13.5. The van der Waals surface area contributed by atoms with Crippen molar-refractivity contribution in [3.05, 3.63) is 53.3 Å². The topological polar surface area (TPSA) is 14.2 Å². The number of aromatic nitrogens is 1. The molecule has 0 saturated heterocycles. The van der Waals surface area contributed by atoms with Crippen LogP contribution in [0.15, 0.2) is 36.5 Å². The molecule has 2 heterocycles. The van der Waals surface area contributed by atoms with Gasteiger partial charge in [0.25, 0.3) is 0 Å². The molecule has 0 aliphatic carbocycles. The molecule has 0 atom stereocenters. The zero-order chi connectivity index (χ0) is 16.3. The van der Waals surface area contributed by atoms with Crippen molar-refractivity contribution in [2.24, 2.45) is 0 Å². The smallest absolute Gasteiger partial charge is 0.359 e. The first-order valence-corrected chi connectivity index (χ1v) is 7.13. The number of benzene rings is 1. The van der Waals surface area contributed by atoms with Crippen LogP contribution in [0.5, 0.6) is 0 Å². The number of halogens is 3. The first-order valence-electron chi connectivity index (χ1n) is 7.13. The molecule has 22 heavy (non-hydrogen) atoms. The molecule has 0 unspecified atom stereocenters. The Hall–Kier alpha value is -1.75. The van der Waals surface area contributed by atoms with Crippen molar-refractivity contribution in [2.75, 3.05) is 0 Å². The molecule has 0 amide bonds. The van der Waals surface area contributed by atoms with Crippen molar-refractivity contribution in [3.63, 3.8) is 0 Å². The second kappa shape index (κ2) is 4.38. The Bertz CT molecular complexity index is 726. The predicted octanol–water partition coefficient (Wildman–Crippen LogP) is 5.00. The summed E-state index contributed by atoms with van der Waals surface area (Å²) in [6.45, 7) is 7.36. The largest absolute Gasteiger partial charge is 0.418 e. The van der Waals surface area contributed by atoms with E-state index in [2.05, 4.69) is 0 Å². The first kappa shape index (κ1) is 15.2. The average molecular weight is 309 g/mol. The number of fused-ring (bicyclic) bond motifs is 3. The van der Waals surface area contributed by atoms with E-state index >= 15 is 0 Å². The highest BCUT2D eigenvalue weighted by atomic mass is 19.4. The van der Waals surface area contributed by atoms with Crippen molar-refractivity contribution in [1.29, 1.82) is 0 Å². The standard InChI is InChI=1S/C17H18F3NO/c1-15(2)11-7-5-8-12(17(18,19)20)14(11)21-10-6-9-13(21)16(3,4)22-15/h5-10H,1-4H3. The summed E-state index contributed by atoms with van der Waals surface area (Å²) in [5, 5.41) is 0. The van der Waals surface area contributed by atoms with E-state index < -0.39 is 22.9 Å². The van der Waals surface area contributed by atoms with Gasteiger partial charge in [-0.05, 0) is 45.9 Å². The minimum Gasteiger partial charge on any atom is -0.359 e. The van der Waals surface area contributed by atoms with Gasteiger partial charge in [-0.25, -0.2) is 0 Å². The number of ether oxygens (including phenoxy) is 1. The second-order valence-corrected chi connectivity index (χ2v) is 6.59. The van der Waals surface area contributed by atoms with Gasteiger partial charge in [0.1, 0.15) is 5.60 Å². The fraction of sp³-hybridized carbons (Fsp3) is 0.412. The molecule has 0 spiro atoms. The van der Waals surface area contributed by atoms with Gasteiger partial charge in [-0.2, -0.15) is 13.2 Å². The molecule has 0 radical (unpaired) electrons. The third-order valence-electron chi connectivity index (χ3n) is 4.11. The lowest BCUT2D eigenvalue weighted by Crippen LogP contribution is -2.32. The van der Waals surface area contributed by atoms with Crippen molar-refractivity contribution < 1.29 is 17.9 Å². The Labute approximate surface area is 127 Å². The summed E-state index contributed by atoms with van der Waals surface area (Å²) in [5.74, 6) is 0. The zero-order valence-electron chi connectivity index (χ0n) is 13.0. The first-order chi connectivity index (χ1) is 10.0. The van der Waals surface area contributed by atoms with Gasteiger partial charge in [0.15, 0.2) is 0 Å². The van der Waals surface area contributed by atoms with Crippen LogP contribution in [0.3, 0.4) is 0 Å². The SMILES string of the molecule is CC1(C)OC(C)(C)c2cccn2-c2c(C(F)(F)F)cccc21.